The van der Waals surface area contributed by atoms with E-state index in [9.17, 15) is 0 Å². The summed E-state index contributed by atoms with van der Waals surface area (Å²) in [6.45, 7) is 6.95. The zero-order valence-electron chi connectivity index (χ0n) is 12.8. The maximum atomic E-state index is 5.54. The summed E-state index contributed by atoms with van der Waals surface area (Å²) in [6, 6.07) is 9.05. The molecule has 0 amide bonds. The summed E-state index contributed by atoms with van der Waals surface area (Å²) in [4.78, 5) is 2.11. The summed E-state index contributed by atoms with van der Waals surface area (Å²) in [5.41, 5.74) is 2.55. The Balaban J connectivity index is 2.27. The lowest BCUT2D eigenvalue weighted by Crippen LogP contribution is -2.23. The Labute approximate surface area is 118 Å². The van der Waals surface area contributed by atoms with E-state index in [1.165, 1.54) is 17.7 Å². The van der Waals surface area contributed by atoms with Crippen LogP contribution in [-0.4, -0.2) is 33.9 Å². The van der Waals surface area contributed by atoms with E-state index in [-0.39, 0.29) is 0 Å². The highest BCUT2D eigenvalue weighted by atomic mass is 16.5. The highest BCUT2D eigenvalue weighted by Gasteiger charge is 2.04. The molecule has 19 heavy (non-hydrogen) atoms. The van der Waals surface area contributed by atoms with E-state index in [1.54, 1.807) is 0 Å². The minimum absolute atomic E-state index is 0.367. The van der Waals surface area contributed by atoms with Gasteiger partial charge in [0, 0.05) is 39.0 Å². The average molecular weight is 264 g/mol. The van der Waals surface area contributed by atoms with Crippen molar-refractivity contribution in [3.8, 4) is 0 Å². The fourth-order valence-corrected chi connectivity index (χ4v) is 1.88. The van der Waals surface area contributed by atoms with Gasteiger partial charge in [0.05, 0.1) is 6.61 Å². The minimum atomic E-state index is 0.367. The van der Waals surface area contributed by atoms with E-state index in [1.807, 2.05) is 0 Å². The predicted molar refractivity (Wildman–Crippen MR) is 82.9 cm³/mol. The molecule has 1 aromatic carbocycles. The van der Waals surface area contributed by atoms with Crippen molar-refractivity contribution in [2.45, 2.75) is 32.7 Å². The molecule has 0 heterocycles. The molecule has 0 radical (unpaired) electrons. The van der Waals surface area contributed by atoms with Crippen LogP contribution in [-0.2, 0) is 4.74 Å². The van der Waals surface area contributed by atoms with E-state index in [0.29, 0.717) is 6.04 Å². The van der Waals surface area contributed by atoms with Gasteiger partial charge in [-0.25, -0.2) is 0 Å². The number of benzene rings is 1. The summed E-state index contributed by atoms with van der Waals surface area (Å²) in [5, 5.41) is 3.49. The van der Waals surface area contributed by atoms with Crippen molar-refractivity contribution >= 4 is 5.69 Å². The van der Waals surface area contributed by atoms with Gasteiger partial charge in [0.2, 0.25) is 0 Å². The van der Waals surface area contributed by atoms with Crippen LogP contribution in [0.1, 0.15) is 38.3 Å². The molecule has 1 aromatic rings. The Morgan fingerprint density at radius 1 is 1.16 bits per heavy atom. The highest BCUT2D eigenvalue weighted by molar-refractivity contribution is 5.46. The number of nitrogens with one attached hydrogen (secondary N) is 1. The van der Waals surface area contributed by atoms with Crippen molar-refractivity contribution in [2.24, 2.45) is 0 Å². The van der Waals surface area contributed by atoms with Gasteiger partial charge < -0.3 is 15.0 Å². The highest BCUT2D eigenvalue weighted by Crippen LogP contribution is 2.17. The van der Waals surface area contributed by atoms with Crippen molar-refractivity contribution in [1.82, 2.24) is 5.32 Å². The first kappa shape index (κ1) is 16.0. The van der Waals surface area contributed by atoms with Gasteiger partial charge in [0.1, 0.15) is 0 Å². The van der Waals surface area contributed by atoms with Crippen molar-refractivity contribution in [3.05, 3.63) is 29.8 Å². The Bertz CT molecular complexity index is 335. The Morgan fingerprint density at radius 3 is 2.42 bits per heavy atom. The number of nitrogens with zero attached hydrogens (tertiary/aromatic N) is 1. The number of unbranched alkanes of at least 4 members (excludes halogenated alkanes) is 1. The third-order valence-corrected chi connectivity index (χ3v) is 3.25. The molecule has 0 spiro atoms. The van der Waals surface area contributed by atoms with Crippen LogP contribution >= 0.6 is 0 Å². The molecule has 108 valence electrons. The smallest absolute Gasteiger partial charge is 0.0591 e. The lowest BCUT2D eigenvalue weighted by molar-refractivity contribution is 0.131. The van der Waals surface area contributed by atoms with E-state index in [0.717, 1.165) is 26.2 Å². The Hall–Kier alpha value is -1.06. The molecule has 1 atom stereocenters. The standard InChI is InChI=1S/C16H28N2O/c1-5-6-12-19-13-11-17-14(2)15-7-9-16(10-8-15)18(3)4/h7-10,14,17H,5-6,11-13H2,1-4H3. The van der Waals surface area contributed by atoms with Crippen LogP contribution in [0.5, 0.6) is 0 Å². The monoisotopic (exact) mass is 264 g/mol. The molecule has 3 nitrogen and oxygen atoms in total. The Kier molecular flexibility index (Phi) is 7.53. The molecular weight excluding hydrogens is 236 g/mol. The van der Waals surface area contributed by atoms with Crippen LogP contribution in [0.15, 0.2) is 24.3 Å². The molecule has 0 bridgehead atoms. The summed E-state index contributed by atoms with van der Waals surface area (Å²) >= 11 is 0. The van der Waals surface area contributed by atoms with Crippen molar-refractivity contribution in [3.63, 3.8) is 0 Å². The first-order valence-electron chi connectivity index (χ1n) is 7.23. The van der Waals surface area contributed by atoms with Crippen molar-refractivity contribution in [2.75, 3.05) is 38.8 Å². The number of hydrogen-bond acceptors (Lipinski definition) is 3. The lowest BCUT2D eigenvalue weighted by Gasteiger charge is -2.17. The van der Waals surface area contributed by atoms with Gasteiger partial charge in [-0.3, -0.25) is 0 Å². The van der Waals surface area contributed by atoms with Gasteiger partial charge in [-0.05, 0) is 31.0 Å². The summed E-state index contributed by atoms with van der Waals surface area (Å²) < 4.78 is 5.54. The van der Waals surface area contributed by atoms with Crippen LogP contribution < -0.4 is 10.2 Å². The van der Waals surface area contributed by atoms with E-state index in [4.69, 9.17) is 4.74 Å². The second-order valence-electron chi connectivity index (χ2n) is 5.13. The Morgan fingerprint density at radius 2 is 1.84 bits per heavy atom. The first-order chi connectivity index (χ1) is 9.15. The second-order valence-corrected chi connectivity index (χ2v) is 5.13. The quantitative estimate of drug-likeness (QED) is 0.693. The molecule has 0 aliphatic carbocycles. The number of anilines is 1. The minimum Gasteiger partial charge on any atom is -0.380 e. The maximum Gasteiger partial charge on any atom is 0.0591 e. The van der Waals surface area contributed by atoms with Crippen molar-refractivity contribution in [1.29, 1.82) is 0 Å². The molecular formula is C16H28N2O. The number of hydrogen-bond donors (Lipinski definition) is 1. The molecule has 1 N–H and O–H groups in total. The molecule has 1 rings (SSSR count). The van der Waals surface area contributed by atoms with Gasteiger partial charge in [-0.15, -0.1) is 0 Å². The number of rotatable bonds is 9. The third-order valence-electron chi connectivity index (χ3n) is 3.25. The number of ether oxygens (including phenoxy) is 1. The van der Waals surface area contributed by atoms with Gasteiger partial charge in [0.15, 0.2) is 0 Å². The van der Waals surface area contributed by atoms with E-state index >= 15 is 0 Å². The van der Waals surface area contributed by atoms with Crippen LogP contribution in [0.3, 0.4) is 0 Å². The molecule has 0 fully saturated rings. The van der Waals surface area contributed by atoms with Crippen LogP contribution in [0.4, 0.5) is 5.69 Å². The fraction of sp³-hybridized carbons (Fsp3) is 0.625. The second kappa shape index (κ2) is 8.94. The largest absolute Gasteiger partial charge is 0.380 e. The first-order valence-corrected chi connectivity index (χ1v) is 7.23. The van der Waals surface area contributed by atoms with Gasteiger partial charge in [0.25, 0.3) is 0 Å². The molecule has 0 aromatic heterocycles. The van der Waals surface area contributed by atoms with Crippen LogP contribution in [0.25, 0.3) is 0 Å². The molecule has 0 saturated carbocycles. The van der Waals surface area contributed by atoms with Gasteiger partial charge >= 0.3 is 0 Å². The third kappa shape index (κ3) is 6.08. The van der Waals surface area contributed by atoms with Gasteiger partial charge in [-0.1, -0.05) is 25.5 Å². The fourth-order valence-electron chi connectivity index (χ4n) is 1.88. The van der Waals surface area contributed by atoms with Crippen LogP contribution in [0, 0.1) is 0 Å². The molecule has 3 heteroatoms. The normalized spacial score (nSPS) is 12.4. The summed E-state index contributed by atoms with van der Waals surface area (Å²) in [5.74, 6) is 0. The predicted octanol–water partition coefficient (Wildman–Crippen LogP) is 3.22. The average Bonchev–Trinajstić information content (AvgIpc) is 2.42. The molecule has 0 aliphatic heterocycles. The molecule has 1 unspecified atom stereocenters. The zero-order chi connectivity index (χ0) is 14.1. The van der Waals surface area contributed by atoms with E-state index in [2.05, 4.69) is 62.4 Å². The topological polar surface area (TPSA) is 24.5 Å². The van der Waals surface area contributed by atoms with Crippen molar-refractivity contribution < 1.29 is 4.74 Å². The SMILES string of the molecule is CCCCOCCNC(C)c1ccc(N(C)C)cc1. The molecule has 0 saturated heterocycles. The molecule has 0 aliphatic rings. The van der Waals surface area contributed by atoms with Crippen LogP contribution in [0.2, 0.25) is 0 Å². The van der Waals surface area contributed by atoms with E-state index < -0.39 is 0 Å². The summed E-state index contributed by atoms with van der Waals surface area (Å²) in [6.07, 6.45) is 2.35. The lowest BCUT2D eigenvalue weighted by atomic mass is 10.1. The zero-order valence-corrected chi connectivity index (χ0v) is 12.8. The summed E-state index contributed by atoms with van der Waals surface area (Å²) in [7, 11) is 4.12. The maximum absolute atomic E-state index is 5.54. The van der Waals surface area contributed by atoms with Gasteiger partial charge in [-0.2, -0.15) is 0 Å².